The zero-order valence-corrected chi connectivity index (χ0v) is 13.0. The Morgan fingerprint density at radius 2 is 1.50 bits per heavy atom. The molecular formula is C16H26O4. The highest BCUT2D eigenvalue weighted by atomic mass is 16.6. The summed E-state index contributed by atoms with van der Waals surface area (Å²) >= 11 is 0. The van der Waals surface area contributed by atoms with Gasteiger partial charge in [0.1, 0.15) is 5.57 Å². The van der Waals surface area contributed by atoms with Crippen LogP contribution < -0.4 is 0 Å². The number of esters is 2. The standard InChI is InChI=1S/C16H26O4/c1-5-19-15(17)14(16(18)20-6-2)12(4)13-10-8-7-9-11(13)3/h11,13H,5-10H2,1-4H3. The fraction of sp³-hybridized carbons (Fsp3) is 0.750. The lowest BCUT2D eigenvalue weighted by Gasteiger charge is -2.30. The first-order chi connectivity index (χ1) is 9.52. The summed E-state index contributed by atoms with van der Waals surface area (Å²) in [5, 5.41) is 0. The summed E-state index contributed by atoms with van der Waals surface area (Å²) in [7, 11) is 0. The van der Waals surface area contributed by atoms with Crippen molar-refractivity contribution in [3.8, 4) is 0 Å². The summed E-state index contributed by atoms with van der Waals surface area (Å²) in [6.07, 6.45) is 4.53. The van der Waals surface area contributed by atoms with E-state index in [-0.39, 0.29) is 24.7 Å². The summed E-state index contributed by atoms with van der Waals surface area (Å²) in [4.78, 5) is 24.1. The topological polar surface area (TPSA) is 52.6 Å². The van der Waals surface area contributed by atoms with Crippen LogP contribution in [-0.2, 0) is 19.1 Å². The van der Waals surface area contributed by atoms with Crippen molar-refractivity contribution in [2.24, 2.45) is 11.8 Å². The third-order valence-electron chi connectivity index (χ3n) is 4.02. The second-order valence-corrected chi connectivity index (χ2v) is 5.37. The molecule has 0 aromatic carbocycles. The van der Waals surface area contributed by atoms with Crippen molar-refractivity contribution < 1.29 is 19.1 Å². The van der Waals surface area contributed by atoms with Crippen LogP contribution in [0.1, 0.15) is 53.4 Å². The molecule has 0 aromatic heterocycles. The molecule has 1 aliphatic carbocycles. The molecule has 0 amide bonds. The zero-order chi connectivity index (χ0) is 15.1. The van der Waals surface area contributed by atoms with Gasteiger partial charge in [-0.1, -0.05) is 26.2 Å². The maximum Gasteiger partial charge on any atom is 0.345 e. The van der Waals surface area contributed by atoms with Gasteiger partial charge in [-0.2, -0.15) is 0 Å². The first-order valence-electron chi connectivity index (χ1n) is 7.57. The third-order valence-corrected chi connectivity index (χ3v) is 4.02. The maximum atomic E-state index is 12.1. The smallest absolute Gasteiger partial charge is 0.345 e. The largest absolute Gasteiger partial charge is 0.462 e. The average Bonchev–Trinajstić information content (AvgIpc) is 2.40. The lowest BCUT2D eigenvalue weighted by Crippen LogP contribution is -2.25. The molecule has 0 spiro atoms. The van der Waals surface area contributed by atoms with Crippen molar-refractivity contribution in [3.05, 3.63) is 11.1 Å². The van der Waals surface area contributed by atoms with E-state index in [0.29, 0.717) is 5.92 Å². The second kappa shape index (κ2) is 8.08. The van der Waals surface area contributed by atoms with Crippen LogP contribution in [-0.4, -0.2) is 25.2 Å². The van der Waals surface area contributed by atoms with Crippen LogP contribution in [0.2, 0.25) is 0 Å². The van der Waals surface area contributed by atoms with E-state index in [0.717, 1.165) is 24.8 Å². The van der Waals surface area contributed by atoms with Crippen LogP contribution in [0.15, 0.2) is 11.1 Å². The molecule has 1 fully saturated rings. The lowest BCUT2D eigenvalue weighted by atomic mass is 9.75. The molecule has 2 unspecified atom stereocenters. The normalized spacial score (nSPS) is 22.0. The van der Waals surface area contributed by atoms with Gasteiger partial charge in [-0.15, -0.1) is 0 Å². The number of rotatable bonds is 5. The number of carbonyl (C=O) groups is 2. The molecule has 114 valence electrons. The van der Waals surface area contributed by atoms with Crippen molar-refractivity contribution >= 4 is 11.9 Å². The Kier molecular flexibility index (Phi) is 6.76. The van der Waals surface area contributed by atoms with E-state index in [9.17, 15) is 9.59 Å². The van der Waals surface area contributed by atoms with Crippen LogP contribution in [0.5, 0.6) is 0 Å². The Morgan fingerprint density at radius 1 is 1.00 bits per heavy atom. The van der Waals surface area contributed by atoms with Gasteiger partial charge in [0.2, 0.25) is 0 Å². The van der Waals surface area contributed by atoms with Gasteiger partial charge in [-0.05, 0) is 44.6 Å². The minimum absolute atomic E-state index is 0.104. The summed E-state index contributed by atoms with van der Waals surface area (Å²) in [6.45, 7) is 8.04. The molecule has 0 aromatic rings. The van der Waals surface area contributed by atoms with Gasteiger partial charge in [0.05, 0.1) is 13.2 Å². The van der Waals surface area contributed by atoms with E-state index >= 15 is 0 Å². The fourth-order valence-corrected chi connectivity index (χ4v) is 2.96. The highest BCUT2D eigenvalue weighted by molar-refractivity contribution is 6.14. The zero-order valence-electron chi connectivity index (χ0n) is 13.0. The minimum Gasteiger partial charge on any atom is -0.462 e. The molecule has 1 rings (SSSR count). The first kappa shape index (κ1) is 16.7. The number of carbonyl (C=O) groups excluding carboxylic acids is 2. The maximum absolute atomic E-state index is 12.1. The van der Waals surface area contributed by atoms with Crippen LogP contribution in [0, 0.1) is 11.8 Å². The number of hydrogen-bond donors (Lipinski definition) is 0. The Bertz CT molecular complexity index is 364. The van der Waals surface area contributed by atoms with Gasteiger partial charge in [0, 0.05) is 0 Å². The van der Waals surface area contributed by atoms with E-state index in [4.69, 9.17) is 9.47 Å². The predicted octanol–water partition coefficient (Wildman–Crippen LogP) is 3.26. The quantitative estimate of drug-likeness (QED) is 0.336. The summed E-state index contributed by atoms with van der Waals surface area (Å²) < 4.78 is 10.0. The van der Waals surface area contributed by atoms with Gasteiger partial charge in [-0.3, -0.25) is 0 Å². The van der Waals surface area contributed by atoms with Crippen LogP contribution in [0.3, 0.4) is 0 Å². The van der Waals surface area contributed by atoms with Crippen LogP contribution >= 0.6 is 0 Å². The molecule has 1 aliphatic rings. The minimum atomic E-state index is -0.554. The number of allylic oxidation sites excluding steroid dienone is 1. The van der Waals surface area contributed by atoms with Gasteiger partial charge in [-0.25, -0.2) is 9.59 Å². The van der Waals surface area contributed by atoms with Gasteiger partial charge in [0.25, 0.3) is 0 Å². The summed E-state index contributed by atoms with van der Waals surface area (Å²) in [5.41, 5.74) is 0.932. The SMILES string of the molecule is CCOC(=O)C(C(=O)OCC)=C(C)C1CCCCC1C. The Labute approximate surface area is 121 Å². The number of hydrogen-bond acceptors (Lipinski definition) is 4. The fourth-order valence-electron chi connectivity index (χ4n) is 2.96. The average molecular weight is 282 g/mol. The van der Waals surface area contributed by atoms with Crippen molar-refractivity contribution in [3.63, 3.8) is 0 Å². The highest BCUT2D eigenvalue weighted by Gasteiger charge is 2.31. The van der Waals surface area contributed by atoms with Crippen molar-refractivity contribution in [1.29, 1.82) is 0 Å². The molecule has 2 atom stereocenters. The lowest BCUT2D eigenvalue weighted by molar-refractivity contribution is -0.146. The third kappa shape index (κ3) is 4.09. The van der Waals surface area contributed by atoms with E-state index in [1.54, 1.807) is 13.8 Å². The van der Waals surface area contributed by atoms with Crippen molar-refractivity contribution in [2.75, 3.05) is 13.2 Å². The van der Waals surface area contributed by atoms with Gasteiger partial charge < -0.3 is 9.47 Å². The van der Waals surface area contributed by atoms with E-state index in [1.807, 2.05) is 6.92 Å². The molecule has 1 saturated carbocycles. The van der Waals surface area contributed by atoms with Crippen LogP contribution in [0.25, 0.3) is 0 Å². The Balaban J connectivity index is 3.07. The molecule has 0 bridgehead atoms. The molecule has 0 aliphatic heterocycles. The van der Waals surface area contributed by atoms with Crippen molar-refractivity contribution in [2.45, 2.75) is 53.4 Å². The highest BCUT2D eigenvalue weighted by Crippen LogP contribution is 2.36. The van der Waals surface area contributed by atoms with Gasteiger partial charge in [0.15, 0.2) is 0 Å². The molecule has 4 heteroatoms. The summed E-state index contributed by atoms with van der Waals surface area (Å²) in [6, 6.07) is 0. The first-order valence-corrected chi connectivity index (χ1v) is 7.57. The van der Waals surface area contributed by atoms with E-state index in [2.05, 4.69) is 6.92 Å². The summed E-state index contributed by atoms with van der Waals surface area (Å²) in [5.74, 6) is -0.349. The van der Waals surface area contributed by atoms with E-state index in [1.165, 1.54) is 6.42 Å². The monoisotopic (exact) mass is 282 g/mol. The van der Waals surface area contributed by atoms with Crippen LogP contribution in [0.4, 0.5) is 0 Å². The molecule has 4 nitrogen and oxygen atoms in total. The molecule has 0 N–H and O–H groups in total. The Morgan fingerprint density at radius 3 is 1.95 bits per heavy atom. The molecule has 0 saturated heterocycles. The number of ether oxygens (including phenoxy) is 2. The van der Waals surface area contributed by atoms with Crippen molar-refractivity contribution in [1.82, 2.24) is 0 Å². The van der Waals surface area contributed by atoms with Gasteiger partial charge >= 0.3 is 11.9 Å². The second-order valence-electron chi connectivity index (χ2n) is 5.37. The molecule has 20 heavy (non-hydrogen) atoms. The predicted molar refractivity (Wildman–Crippen MR) is 77.1 cm³/mol. The molecule has 0 radical (unpaired) electrons. The molecular weight excluding hydrogens is 256 g/mol. The Hall–Kier alpha value is -1.32. The van der Waals surface area contributed by atoms with E-state index < -0.39 is 11.9 Å². The molecule has 0 heterocycles.